The number of carbonyl (C=O) groups excluding carboxylic acids is 2. The van der Waals surface area contributed by atoms with Gasteiger partial charge >= 0.3 is 11.8 Å². The van der Waals surface area contributed by atoms with Crippen LogP contribution in [0.2, 0.25) is 0 Å². The minimum absolute atomic E-state index is 0.439. The van der Waals surface area contributed by atoms with Gasteiger partial charge in [0, 0.05) is 62.1 Å². The highest BCUT2D eigenvalue weighted by Gasteiger charge is 2.29. The number of nitrogens with one attached hydrogen (secondary N) is 2. The van der Waals surface area contributed by atoms with E-state index in [0.717, 1.165) is 38.5 Å². The fourth-order valence-corrected chi connectivity index (χ4v) is 4.65. The third-order valence-corrected chi connectivity index (χ3v) is 6.49. The molecule has 0 atom stereocenters. The van der Waals surface area contributed by atoms with E-state index in [1.54, 1.807) is 31.5 Å². The first-order valence-electron chi connectivity index (χ1n) is 12.5. The lowest BCUT2D eigenvalue weighted by molar-refractivity contribution is -0.137. The van der Waals surface area contributed by atoms with Crippen LogP contribution in [-0.4, -0.2) is 79.1 Å². The molecule has 2 N–H and O–H groups in total. The Balaban J connectivity index is 1.27. The van der Waals surface area contributed by atoms with Gasteiger partial charge in [-0.15, -0.1) is 0 Å². The number of hydrogen-bond acceptors (Lipinski definition) is 8. The summed E-state index contributed by atoms with van der Waals surface area (Å²) in [5.41, 5.74) is 1.71. The number of ether oxygens (including phenoxy) is 2. The highest BCUT2D eigenvalue weighted by atomic mass is 16.5. The molecule has 38 heavy (non-hydrogen) atoms. The van der Waals surface area contributed by atoms with Crippen LogP contribution in [0.3, 0.4) is 0 Å². The molecule has 0 aliphatic carbocycles. The number of nitrogens with zero attached hydrogens (tertiary/aromatic N) is 3. The molecule has 1 aromatic heterocycles. The smallest absolute Gasteiger partial charge is 0.313 e. The zero-order valence-corrected chi connectivity index (χ0v) is 22.3. The van der Waals surface area contributed by atoms with Gasteiger partial charge in [-0.05, 0) is 32.0 Å². The summed E-state index contributed by atoms with van der Waals surface area (Å²) in [4.78, 5) is 34.0. The maximum Gasteiger partial charge on any atom is 0.313 e. The van der Waals surface area contributed by atoms with Crippen molar-refractivity contribution in [2.75, 3.05) is 52.3 Å². The number of benzene rings is 2. The minimum atomic E-state index is -0.742. The third kappa shape index (κ3) is 6.90. The van der Waals surface area contributed by atoms with Crippen LogP contribution in [0.15, 0.2) is 59.5 Å². The van der Waals surface area contributed by atoms with E-state index >= 15 is 0 Å². The molecule has 1 aliphatic heterocycles. The molecular weight excluding hydrogens is 486 g/mol. The van der Waals surface area contributed by atoms with Gasteiger partial charge in [-0.1, -0.05) is 18.2 Å². The topological polar surface area (TPSA) is 109 Å². The van der Waals surface area contributed by atoms with Crippen molar-refractivity contribution in [1.29, 1.82) is 0 Å². The number of oxazole rings is 1. The lowest BCUT2D eigenvalue weighted by Gasteiger charge is -2.39. The Kier molecular flexibility index (Phi) is 8.65. The van der Waals surface area contributed by atoms with Crippen LogP contribution in [0.4, 0.5) is 5.69 Å². The van der Waals surface area contributed by atoms with Crippen molar-refractivity contribution in [3.05, 3.63) is 60.6 Å². The Hall–Kier alpha value is -3.89. The highest BCUT2D eigenvalue weighted by Crippen LogP contribution is 2.32. The van der Waals surface area contributed by atoms with E-state index in [0.29, 0.717) is 29.3 Å². The van der Waals surface area contributed by atoms with E-state index in [-0.39, 0.29) is 0 Å². The standard InChI is InChI=1S/C28H35N5O5/c1-28(2,18-33-13-11-32(12-14-33)17-20-7-5-6-8-23(20)36-3)31-27(35)26(34)30-21-9-10-22(24(15-21)37-4)25-16-29-19-38-25/h5-10,15-16,19H,11-14,17-18H2,1-4H3,(H,30,34)(H,31,35). The second-order valence-corrected chi connectivity index (χ2v) is 9.94. The van der Waals surface area contributed by atoms with Crippen LogP contribution in [0.5, 0.6) is 11.5 Å². The van der Waals surface area contributed by atoms with E-state index in [2.05, 4.69) is 31.5 Å². The summed E-state index contributed by atoms with van der Waals surface area (Å²) in [7, 11) is 3.22. The summed E-state index contributed by atoms with van der Waals surface area (Å²) >= 11 is 0. The largest absolute Gasteiger partial charge is 0.496 e. The Bertz CT molecular complexity index is 1240. The first-order chi connectivity index (χ1) is 18.3. The molecule has 10 nitrogen and oxygen atoms in total. The first kappa shape index (κ1) is 27.2. The summed E-state index contributed by atoms with van der Waals surface area (Å²) in [5, 5.41) is 5.52. The monoisotopic (exact) mass is 521 g/mol. The number of methoxy groups -OCH3 is 2. The molecule has 0 unspecified atom stereocenters. The molecule has 1 aliphatic rings. The van der Waals surface area contributed by atoms with E-state index < -0.39 is 17.4 Å². The molecule has 2 aromatic carbocycles. The van der Waals surface area contributed by atoms with Crippen LogP contribution in [0, 0.1) is 0 Å². The number of amides is 2. The first-order valence-corrected chi connectivity index (χ1v) is 12.5. The van der Waals surface area contributed by atoms with Gasteiger partial charge in [0.15, 0.2) is 12.2 Å². The Morgan fingerprint density at radius 1 is 0.974 bits per heavy atom. The Morgan fingerprint density at radius 3 is 2.37 bits per heavy atom. The predicted octanol–water partition coefficient (Wildman–Crippen LogP) is 3.01. The number of para-hydroxylation sites is 1. The molecule has 2 amide bonds. The molecule has 3 aromatic rings. The summed E-state index contributed by atoms with van der Waals surface area (Å²) in [6.45, 7) is 8.89. The quantitative estimate of drug-likeness (QED) is 0.414. The van der Waals surface area contributed by atoms with Gasteiger partial charge in [-0.25, -0.2) is 4.98 Å². The van der Waals surface area contributed by atoms with Gasteiger partial charge < -0.3 is 24.5 Å². The minimum Gasteiger partial charge on any atom is -0.496 e. The van der Waals surface area contributed by atoms with Crippen LogP contribution >= 0.6 is 0 Å². The molecular formula is C28H35N5O5. The van der Waals surface area contributed by atoms with Crippen LogP contribution in [-0.2, 0) is 16.1 Å². The fraction of sp³-hybridized carbons (Fsp3) is 0.393. The van der Waals surface area contributed by atoms with Crippen molar-refractivity contribution < 1.29 is 23.5 Å². The van der Waals surface area contributed by atoms with Gasteiger partial charge in [0.2, 0.25) is 0 Å². The van der Waals surface area contributed by atoms with E-state index in [1.165, 1.54) is 19.1 Å². The summed E-state index contributed by atoms with van der Waals surface area (Å²) in [6.07, 6.45) is 2.91. The third-order valence-electron chi connectivity index (χ3n) is 6.49. The molecule has 0 bridgehead atoms. The van der Waals surface area contributed by atoms with Crippen LogP contribution in [0.25, 0.3) is 11.3 Å². The van der Waals surface area contributed by atoms with Crippen molar-refractivity contribution in [3.63, 3.8) is 0 Å². The SMILES string of the molecule is COc1ccccc1CN1CCN(CC(C)(C)NC(=O)C(=O)Nc2ccc(-c3cnco3)c(OC)c2)CC1. The van der Waals surface area contributed by atoms with Crippen LogP contribution in [0.1, 0.15) is 19.4 Å². The lowest BCUT2D eigenvalue weighted by Crippen LogP contribution is -2.57. The number of aromatic nitrogens is 1. The molecule has 1 saturated heterocycles. The number of anilines is 1. The second kappa shape index (κ2) is 12.1. The zero-order chi connectivity index (χ0) is 27.1. The molecule has 0 radical (unpaired) electrons. The lowest BCUT2D eigenvalue weighted by atomic mass is 10.0. The maximum absolute atomic E-state index is 12.7. The number of rotatable bonds is 9. The highest BCUT2D eigenvalue weighted by molar-refractivity contribution is 6.39. The summed E-state index contributed by atoms with van der Waals surface area (Å²) in [6, 6.07) is 13.1. The van der Waals surface area contributed by atoms with Gasteiger partial charge in [0.25, 0.3) is 0 Å². The van der Waals surface area contributed by atoms with Gasteiger partial charge in [0.1, 0.15) is 11.5 Å². The molecule has 4 rings (SSSR count). The molecule has 0 spiro atoms. The second-order valence-electron chi connectivity index (χ2n) is 9.94. The average molecular weight is 522 g/mol. The van der Waals surface area contributed by atoms with E-state index in [1.807, 2.05) is 32.0 Å². The van der Waals surface area contributed by atoms with Crippen molar-refractivity contribution in [2.45, 2.75) is 25.9 Å². The number of carbonyl (C=O) groups is 2. The van der Waals surface area contributed by atoms with E-state index in [9.17, 15) is 9.59 Å². The van der Waals surface area contributed by atoms with Crippen LogP contribution < -0.4 is 20.1 Å². The fourth-order valence-electron chi connectivity index (χ4n) is 4.65. The average Bonchev–Trinajstić information content (AvgIpc) is 3.44. The van der Waals surface area contributed by atoms with Gasteiger partial charge in [-0.3, -0.25) is 19.4 Å². The number of hydrogen-bond donors (Lipinski definition) is 2. The van der Waals surface area contributed by atoms with Crippen molar-refractivity contribution in [3.8, 4) is 22.8 Å². The molecule has 1 fully saturated rings. The van der Waals surface area contributed by atoms with Gasteiger partial charge in [-0.2, -0.15) is 0 Å². The van der Waals surface area contributed by atoms with Crippen molar-refractivity contribution in [2.24, 2.45) is 0 Å². The normalized spacial score (nSPS) is 14.6. The molecule has 0 saturated carbocycles. The Labute approximate surface area is 222 Å². The molecule has 202 valence electrons. The maximum atomic E-state index is 12.7. The van der Waals surface area contributed by atoms with Crippen molar-refractivity contribution in [1.82, 2.24) is 20.1 Å². The molecule has 2 heterocycles. The van der Waals surface area contributed by atoms with E-state index in [4.69, 9.17) is 13.9 Å². The summed E-state index contributed by atoms with van der Waals surface area (Å²) in [5.74, 6) is 0.503. The van der Waals surface area contributed by atoms with Gasteiger partial charge in [0.05, 0.1) is 26.0 Å². The zero-order valence-electron chi connectivity index (χ0n) is 22.3. The molecule has 10 heteroatoms. The summed E-state index contributed by atoms with van der Waals surface area (Å²) < 4.78 is 16.2. The number of piperazine rings is 1. The van der Waals surface area contributed by atoms with Crippen molar-refractivity contribution >= 4 is 17.5 Å². The Morgan fingerprint density at radius 2 is 1.68 bits per heavy atom. The predicted molar refractivity (Wildman–Crippen MR) is 144 cm³/mol.